The maximum atomic E-state index is 15.6. The molecule has 0 unspecified atom stereocenters. The summed E-state index contributed by atoms with van der Waals surface area (Å²) < 4.78 is 15.6. The summed E-state index contributed by atoms with van der Waals surface area (Å²) in [5.74, 6) is -1.79. The van der Waals surface area contributed by atoms with Crippen LogP contribution in [0, 0.1) is 28.5 Å². The second-order valence-electron chi connectivity index (χ2n) is 10.9. The van der Waals surface area contributed by atoms with E-state index in [0.717, 1.165) is 0 Å². The average molecular weight is 535 g/mol. The predicted molar refractivity (Wildman–Crippen MR) is 142 cm³/mol. The number of rotatable bonds is 8. The molecular weight excluding hydrogens is 500 g/mol. The van der Waals surface area contributed by atoms with Crippen molar-refractivity contribution in [3.8, 4) is 6.07 Å². The van der Waals surface area contributed by atoms with Gasteiger partial charge in [0.1, 0.15) is 11.2 Å². The first-order chi connectivity index (χ1) is 16.9. The Morgan fingerprint density at radius 1 is 1.25 bits per heavy atom. The number of nitrogens with one attached hydrogen (secondary N) is 2. The molecule has 0 saturated carbocycles. The molecule has 2 aromatic carbocycles. The maximum Gasteiger partial charge on any atom is 0.237 e. The summed E-state index contributed by atoms with van der Waals surface area (Å²) in [4.78, 5) is 13.6. The van der Waals surface area contributed by atoms with E-state index in [9.17, 15) is 15.2 Å². The molecule has 0 spiro atoms. The molecule has 2 aromatic rings. The minimum absolute atomic E-state index is 0.0235. The molecule has 3 rings (SSSR count). The van der Waals surface area contributed by atoms with Crippen LogP contribution in [0.25, 0.3) is 0 Å². The van der Waals surface area contributed by atoms with Crippen LogP contribution < -0.4 is 10.6 Å². The zero-order valence-corrected chi connectivity index (χ0v) is 22.6. The molecule has 5 nitrogen and oxygen atoms in total. The number of nitrogens with zero attached hydrogens (tertiary/aromatic N) is 1. The molecule has 8 heteroatoms. The molecule has 1 aliphatic heterocycles. The van der Waals surface area contributed by atoms with Crippen molar-refractivity contribution in [3.05, 3.63) is 69.5 Å². The second-order valence-corrected chi connectivity index (χ2v) is 11.8. The lowest BCUT2D eigenvalue weighted by Gasteiger charge is -2.37. The van der Waals surface area contributed by atoms with Crippen LogP contribution in [-0.2, 0) is 10.2 Å². The lowest BCUT2D eigenvalue weighted by molar-refractivity contribution is -0.123. The van der Waals surface area contributed by atoms with E-state index in [2.05, 4.69) is 37.5 Å². The summed E-state index contributed by atoms with van der Waals surface area (Å²) in [6, 6.07) is 12.8. The molecule has 36 heavy (non-hydrogen) atoms. The van der Waals surface area contributed by atoms with Crippen molar-refractivity contribution < 1.29 is 14.3 Å². The number of aliphatic hydroxyl groups excluding tert-OH is 1. The number of hydrogen-bond donors (Lipinski definition) is 3. The first-order valence-corrected chi connectivity index (χ1v) is 13.0. The Labute approximate surface area is 223 Å². The molecule has 5 atom stereocenters. The number of carbonyl (C=O) groups is 1. The highest BCUT2D eigenvalue weighted by Crippen LogP contribution is 2.52. The number of nitriles is 1. The van der Waals surface area contributed by atoms with Gasteiger partial charge in [0.15, 0.2) is 0 Å². The van der Waals surface area contributed by atoms with Gasteiger partial charge in [-0.25, -0.2) is 4.39 Å². The Hall–Kier alpha value is -2.17. The highest BCUT2D eigenvalue weighted by atomic mass is 35.5. The third-order valence-electron chi connectivity index (χ3n) is 6.92. The van der Waals surface area contributed by atoms with Crippen molar-refractivity contribution in [1.29, 1.82) is 5.26 Å². The van der Waals surface area contributed by atoms with Gasteiger partial charge in [-0.1, -0.05) is 75.2 Å². The van der Waals surface area contributed by atoms with Crippen molar-refractivity contribution in [2.75, 3.05) is 13.2 Å². The molecule has 0 aromatic heterocycles. The second kappa shape index (κ2) is 11.5. The van der Waals surface area contributed by atoms with E-state index in [1.807, 2.05) is 6.92 Å². The summed E-state index contributed by atoms with van der Waals surface area (Å²) in [6.07, 6.45) is 1.16. The van der Waals surface area contributed by atoms with Gasteiger partial charge in [-0.2, -0.15) is 5.26 Å². The van der Waals surface area contributed by atoms with E-state index < -0.39 is 29.2 Å². The fourth-order valence-electron chi connectivity index (χ4n) is 5.13. The molecule has 0 aliphatic carbocycles. The van der Waals surface area contributed by atoms with Crippen molar-refractivity contribution in [1.82, 2.24) is 10.6 Å². The van der Waals surface area contributed by atoms with E-state index in [1.54, 1.807) is 36.4 Å². The van der Waals surface area contributed by atoms with Crippen LogP contribution >= 0.6 is 23.2 Å². The molecule has 0 bridgehead atoms. The number of amides is 1. The topological polar surface area (TPSA) is 85.2 Å². The van der Waals surface area contributed by atoms with E-state index in [1.165, 1.54) is 6.07 Å². The van der Waals surface area contributed by atoms with Gasteiger partial charge < -0.3 is 15.7 Å². The maximum absolute atomic E-state index is 15.6. The van der Waals surface area contributed by atoms with Gasteiger partial charge in [0.2, 0.25) is 5.91 Å². The Bertz CT molecular complexity index is 1110. The predicted octanol–water partition coefficient (Wildman–Crippen LogP) is 5.59. The van der Waals surface area contributed by atoms with E-state index in [-0.39, 0.29) is 34.4 Å². The summed E-state index contributed by atoms with van der Waals surface area (Å²) in [7, 11) is 0. The van der Waals surface area contributed by atoms with Crippen molar-refractivity contribution in [2.45, 2.75) is 64.0 Å². The third kappa shape index (κ3) is 5.86. The fourth-order valence-corrected chi connectivity index (χ4v) is 5.44. The Morgan fingerprint density at radius 3 is 2.50 bits per heavy atom. The average Bonchev–Trinajstić information content (AvgIpc) is 3.14. The van der Waals surface area contributed by atoms with Gasteiger partial charge in [0.05, 0.1) is 17.1 Å². The van der Waals surface area contributed by atoms with E-state index in [0.29, 0.717) is 30.0 Å². The van der Waals surface area contributed by atoms with E-state index >= 15 is 4.39 Å². The molecule has 3 N–H and O–H groups in total. The van der Waals surface area contributed by atoms with Crippen LogP contribution in [0.4, 0.5) is 4.39 Å². The Balaban J connectivity index is 2.19. The third-order valence-corrected chi connectivity index (χ3v) is 7.47. The monoisotopic (exact) mass is 533 g/mol. The zero-order chi connectivity index (χ0) is 26.7. The lowest BCUT2D eigenvalue weighted by atomic mass is 9.63. The summed E-state index contributed by atoms with van der Waals surface area (Å²) in [6.45, 7) is 8.47. The molecule has 1 heterocycles. The SMILES string of the molecule is C[C@@H](CO)CCNC(=O)[C@@H]1N[C@@H](CC(C)(C)C)[C@](C#N)(c2ccc(Cl)cc2)[C@H]1c1cccc(Cl)c1F. The normalized spacial score (nSPS) is 24.8. The van der Waals surface area contributed by atoms with Crippen LogP contribution in [0.15, 0.2) is 42.5 Å². The van der Waals surface area contributed by atoms with Crippen molar-refractivity contribution >= 4 is 29.1 Å². The Kier molecular flexibility index (Phi) is 9.06. The molecular formula is C28H34Cl2FN3O2. The minimum Gasteiger partial charge on any atom is -0.396 e. The van der Waals surface area contributed by atoms with Crippen LogP contribution in [0.2, 0.25) is 10.0 Å². The smallest absolute Gasteiger partial charge is 0.237 e. The van der Waals surface area contributed by atoms with Gasteiger partial charge in [0.25, 0.3) is 0 Å². The van der Waals surface area contributed by atoms with Crippen molar-refractivity contribution in [3.63, 3.8) is 0 Å². The minimum atomic E-state index is -1.27. The van der Waals surface area contributed by atoms with Crippen molar-refractivity contribution in [2.24, 2.45) is 11.3 Å². The standard InChI is InChI=1S/C28H34Cl2FN3O2/c1-17(15-35)12-13-33-26(36)25-23(20-6-5-7-21(30)24(20)31)28(16-32,18-8-10-19(29)11-9-18)22(34-25)14-27(2,3)4/h5-11,17,22-23,25,34-35H,12-15H2,1-4H3,(H,33,36)/t17-,22+,23+,25-,28+/m1/s1. The van der Waals surface area contributed by atoms with Gasteiger partial charge in [-0.15, -0.1) is 0 Å². The quantitative estimate of drug-likeness (QED) is 0.412. The van der Waals surface area contributed by atoms with Crippen LogP contribution in [0.5, 0.6) is 0 Å². The number of hydrogen-bond acceptors (Lipinski definition) is 4. The van der Waals surface area contributed by atoms with Gasteiger partial charge in [0, 0.05) is 30.1 Å². The number of benzene rings is 2. The van der Waals surface area contributed by atoms with Gasteiger partial charge in [-0.3, -0.25) is 4.79 Å². The zero-order valence-electron chi connectivity index (χ0n) is 21.1. The van der Waals surface area contributed by atoms with Crippen LogP contribution in [0.1, 0.15) is 57.6 Å². The molecule has 194 valence electrons. The molecule has 1 amide bonds. The molecule has 0 radical (unpaired) electrons. The first-order valence-electron chi connectivity index (χ1n) is 12.2. The number of aliphatic hydroxyl groups is 1. The molecule has 1 fully saturated rings. The molecule has 1 aliphatic rings. The van der Waals surface area contributed by atoms with E-state index in [4.69, 9.17) is 23.2 Å². The lowest BCUT2D eigenvalue weighted by Crippen LogP contribution is -2.46. The Morgan fingerprint density at radius 2 is 1.92 bits per heavy atom. The highest BCUT2D eigenvalue weighted by molar-refractivity contribution is 6.31. The number of carbonyl (C=O) groups excluding carboxylic acids is 1. The van der Waals surface area contributed by atoms with Gasteiger partial charge >= 0.3 is 0 Å². The first kappa shape index (κ1) is 28.4. The highest BCUT2D eigenvalue weighted by Gasteiger charge is 2.60. The van der Waals surface area contributed by atoms with Gasteiger partial charge in [-0.05, 0) is 53.5 Å². The summed E-state index contributed by atoms with van der Waals surface area (Å²) >= 11 is 12.3. The van der Waals surface area contributed by atoms with Crippen LogP contribution in [-0.4, -0.2) is 36.2 Å². The van der Waals surface area contributed by atoms with Crippen LogP contribution in [0.3, 0.4) is 0 Å². The fraction of sp³-hybridized carbons (Fsp3) is 0.500. The molecule has 1 saturated heterocycles. The largest absolute Gasteiger partial charge is 0.396 e. The number of halogens is 3. The summed E-state index contributed by atoms with van der Waals surface area (Å²) in [5.41, 5.74) is -0.591. The summed E-state index contributed by atoms with van der Waals surface area (Å²) in [5, 5.41) is 27.0.